The predicted molar refractivity (Wildman–Crippen MR) is 78.4 cm³/mol. The Hall–Kier alpha value is -0.450. The third-order valence-electron chi connectivity index (χ3n) is 4.07. The van der Waals surface area contributed by atoms with Crippen molar-refractivity contribution >= 4 is 5.78 Å². The molecule has 4 nitrogen and oxygen atoms in total. The van der Waals surface area contributed by atoms with Gasteiger partial charge in [-0.1, -0.05) is 20.3 Å². The maximum Gasteiger partial charge on any atom is 0.150 e. The maximum atomic E-state index is 12.3. The first-order valence-electron chi connectivity index (χ1n) is 7.55. The van der Waals surface area contributed by atoms with Gasteiger partial charge in [-0.2, -0.15) is 0 Å². The van der Waals surface area contributed by atoms with Crippen molar-refractivity contribution in [1.82, 2.24) is 9.80 Å². The summed E-state index contributed by atoms with van der Waals surface area (Å²) in [5.74, 6) is 0.832. The highest BCUT2D eigenvalue weighted by Gasteiger charge is 2.25. The minimum absolute atomic E-state index is 0.0784. The summed E-state index contributed by atoms with van der Waals surface area (Å²) in [6.45, 7) is 9.04. The monoisotopic (exact) mass is 270 g/mol. The fraction of sp³-hybridized carbons (Fsp3) is 0.933. The fourth-order valence-electron chi connectivity index (χ4n) is 2.79. The summed E-state index contributed by atoms with van der Waals surface area (Å²) in [6.07, 6.45) is 2.72. The van der Waals surface area contributed by atoms with Gasteiger partial charge in [-0.15, -0.1) is 0 Å². The average molecular weight is 270 g/mol. The van der Waals surface area contributed by atoms with Crippen LogP contribution in [-0.2, 0) is 9.53 Å². The topological polar surface area (TPSA) is 32.8 Å². The maximum absolute atomic E-state index is 12.3. The van der Waals surface area contributed by atoms with Crippen molar-refractivity contribution in [3.63, 3.8) is 0 Å². The summed E-state index contributed by atoms with van der Waals surface area (Å²) in [4.78, 5) is 16.8. The molecular formula is C15H30N2O2. The molecule has 0 aromatic heterocycles. The summed E-state index contributed by atoms with van der Waals surface area (Å²) in [6, 6.07) is 0.0784. The molecule has 19 heavy (non-hydrogen) atoms. The summed E-state index contributed by atoms with van der Waals surface area (Å²) in [5.41, 5.74) is 0. The van der Waals surface area contributed by atoms with Gasteiger partial charge in [0.2, 0.25) is 0 Å². The van der Waals surface area contributed by atoms with Crippen molar-refractivity contribution in [3.05, 3.63) is 0 Å². The molecule has 1 saturated heterocycles. The van der Waals surface area contributed by atoms with Crippen molar-refractivity contribution in [2.24, 2.45) is 5.92 Å². The molecular weight excluding hydrogens is 240 g/mol. The number of carbonyl (C=O) groups excluding carboxylic acids is 1. The summed E-state index contributed by atoms with van der Waals surface area (Å²) < 4.78 is 5.33. The third kappa shape index (κ3) is 5.59. The van der Waals surface area contributed by atoms with Crippen molar-refractivity contribution in [1.29, 1.82) is 0 Å². The molecule has 0 bridgehead atoms. The molecule has 1 heterocycles. The number of Topliss-reactive ketones (excluding diaryl/α,β-unsaturated/α-hetero) is 1. The molecule has 0 unspecified atom stereocenters. The van der Waals surface area contributed by atoms with Crippen LogP contribution in [0.25, 0.3) is 0 Å². The van der Waals surface area contributed by atoms with Crippen LogP contribution < -0.4 is 0 Å². The van der Waals surface area contributed by atoms with E-state index in [4.69, 9.17) is 4.74 Å². The average Bonchev–Trinajstić information content (AvgIpc) is 2.39. The van der Waals surface area contributed by atoms with E-state index in [1.54, 1.807) is 0 Å². The number of rotatable bonds is 8. The minimum atomic E-state index is 0.0784. The molecule has 0 spiro atoms. The van der Waals surface area contributed by atoms with Gasteiger partial charge in [0.25, 0.3) is 0 Å². The van der Waals surface area contributed by atoms with Gasteiger partial charge in [-0.25, -0.2) is 0 Å². The number of nitrogens with zero attached hydrogens (tertiary/aromatic N) is 2. The lowest BCUT2D eigenvalue weighted by molar-refractivity contribution is -0.125. The highest BCUT2D eigenvalue weighted by Crippen LogP contribution is 2.15. The number of hydrogen-bond donors (Lipinski definition) is 0. The highest BCUT2D eigenvalue weighted by atomic mass is 16.5. The first-order valence-corrected chi connectivity index (χ1v) is 7.55. The molecule has 1 aliphatic heterocycles. The molecule has 0 aliphatic carbocycles. The largest absolute Gasteiger partial charge is 0.379 e. The Morgan fingerprint density at radius 2 is 1.95 bits per heavy atom. The lowest BCUT2D eigenvalue weighted by Crippen LogP contribution is -2.41. The van der Waals surface area contributed by atoms with Crippen molar-refractivity contribution < 1.29 is 9.53 Å². The van der Waals surface area contributed by atoms with E-state index < -0.39 is 0 Å². The molecule has 0 N–H and O–H groups in total. The van der Waals surface area contributed by atoms with Crippen LogP contribution in [0.3, 0.4) is 0 Å². The van der Waals surface area contributed by atoms with Crippen LogP contribution in [0.1, 0.15) is 33.1 Å². The third-order valence-corrected chi connectivity index (χ3v) is 4.07. The van der Waals surface area contributed by atoms with E-state index in [1.807, 2.05) is 14.1 Å². The Morgan fingerprint density at radius 1 is 1.32 bits per heavy atom. The van der Waals surface area contributed by atoms with Crippen LogP contribution >= 0.6 is 0 Å². The number of hydrogen-bond acceptors (Lipinski definition) is 4. The zero-order chi connectivity index (χ0) is 14.3. The summed E-state index contributed by atoms with van der Waals surface area (Å²) >= 11 is 0. The molecule has 112 valence electrons. The SMILES string of the molecule is CC[C@H](C)[C@@H](C(=O)CCCN1CCOCC1)N(C)C. The van der Waals surface area contributed by atoms with E-state index in [0.29, 0.717) is 18.1 Å². The first-order chi connectivity index (χ1) is 9.06. The Bertz CT molecular complexity index is 263. The van der Waals surface area contributed by atoms with E-state index in [1.165, 1.54) is 0 Å². The number of carbonyl (C=O) groups is 1. The molecule has 1 aliphatic rings. The van der Waals surface area contributed by atoms with E-state index in [2.05, 4.69) is 23.6 Å². The predicted octanol–water partition coefficient (Wildman–Crippen LogP) is 1.64. The van der Waals surface area contributed by atoms with Gasteiger partial charge >= 0.3 is 0 Å². The quantitative estimate of drug-likeness (QED) is 0.671. The molecule has 0 aromatic rings. The normalized spacial score (nSPS) is 20.5. The van der Waals surface area contributed by atoms with Crippen LogP contribution in [0, 0.1) is 5.92 Å². The van der Waals surface area contributed by atoms with Crippen LogP contribution in [0.5, 0.6) is 0 Å². The molecule has 4 heteroatoms. The van der Waals surface area contributed by atoms with E-state index in [0.717, 1.165) is 45.7 Å². The smallest absolute Gasteiger partial charge is 0.150 e. The van der Waals surface area contributed by atoms with Crippen molar-refractivity contribution in [2.45, 2.75) is 39.2 Å². The van der Waals surface area contributed by atoms with Crippen LogP contribution in [0.15, 0.2) is 0 Å². The van der Waals surface area contributed by atoms with Crippen molar-refractivity contribution in [3.8, 4) is 0 Å². The molecule has 0 saturated carbocycles. The first kappa shape index (κ1) is 16.6. The molecule has 0 aromatic carbocycles. The zero-order valence-corrected chi connectivity index (χ0v) is 13.0. The molecule has 0 radical (unpaired) electrons. The number of likely N-dealkylation sites (N-methyl/N-ethyl adjacent to an activating group) is 1. The zero-order valence-electron chi connectivity index (χ0n) is 13.0. The van der Waals surface area contributed by atoms with Gasteiger partial charge in [0, 0.05) is 19.5 Å². The minimum Gasteiger partial charge on any atom is -0.379 e. The van der Waals surface area contributed by atoms with Gasteiger partial charge < -0.3 is 4.74 Å². The van der Waals surface area contributed by atoms with Gasteiger partial charge in [0.1, 0.15) is 5.78 Å². The fourth-order valence-corrected chi connectivity index (χ4v) is 2.79. The second-order valence-corrected chi connectivity index (χ2v) is 5.82. The molecule has 1 rings (SSSR count). The number of morpholine rings is 1. The van der Waals surface area contributed by atoms with E-state index >= 15 is 0 Å². The summed E-state index contributed by atoms with van der Waals surface area (Å²) in [5, 5.41) is 0. The molecule has 0 amide bonds. The lowest BCUT2D eigenvalue weighted by Gasteiger charge is -2.29. The van der Waals surface area contributed by atoms with Crippen LogP contribution in [0.4, 0.5) is 0 Å². The van der Waals surface area contributed by atoms with Crippen LogP contribution in [0.2, 0.25) is 0 Å². The molecule has 2 atom stereocenters. The molecule has 1 fully saturated rings. The number of ketones is 1. The Kier molecular flexibility index (Phi) is 7.57. The second-order valence-electron chi connectivity index (χ2n) is 5.82. The standard InChI is InChI=1S/C15H30N2O2/c1-5-13(2)15(16(3)4)14(18)7-6-8-17-9-11-19-12-10-17/h13,15H,5-12H2,1-4H3/t13-,15-/m0/s1. The van der Waals surface area contributed by atoms with E-state index in [-0.39, 0.29) is 6.04 Å². The van der Waals surface area contributed by atoms with Gasteiger partial charge in [0.05, 0.1) is 19.3 Å². The Balaban J connectivity index is 2.31. The van der Waals surface area contributed by atoms with Gasteiger partial charge in [0.15, 0.2) is 0 Å². The summed E-state index contributed by atoms with van der Waals surface area (Å²) in [7, 11) is 4.02. The number of ether oxygens (including phenoxy) is 1. The Morgan fingerprint density at radius 3 is 2.47 bits per heavy atom. The lowest BCUT2D eigenvalue weighted by atomic mass is 9.92. The van der Waals surface area contributed by atoms with Gasteiger partial charge in [-0.05, 0) is 33.0 Å². The second kappa shape index (κ2) is 8.67. The Labute approximate surface area is 118 Å². The van der Waals surface area contributed by atoms with Gasteiger partial charge in [-0.3, -0.25) is 14.6 Å². The van der Waals surface area contributed by atoms with E-state index in [9.17, 15) is 4.79 Å². The van der Waals surface area contributed by atoms with Crippen LogP contribution in [-0.4, -0.2) is 68.6 Å². The highest BCUT2D eigenvalue weighted by molar-refractivity contribution is 5.84. The van der Waals surface area contributed by atoms with Crippen molar-refractivity contribution in [2.75, 3.05) is 46.9 Å².